The number of aromatic hydroxyl groups is 1. The molecule has 0 saturated heterocycles. The Morgan fingerprint density at radius 2 is 1.93 bits per heavy atom. The van der Waals surface area contributed by atoms with Gasteiger partial charge in [-0.15, -0.1) is 6.42 Å². The molecule has 2 fully saturated rings. The Kier molecular flexibility index (Phi) is 5.89. The number of ether oxygens (including phenoxy) is 1. The molecule has 4 rings (SSSR count). The van der Waals surface area contributed by atoms with Gasteiger partial charge >= 0.3 is 0 Å². The average molecular weight is 371 g/mol. The van der Waals surface area contributed by atoms with Crippen LogP contribution >= 0.6 is 0 Å². The van der Waals surface area contributed by atoms with E-state index in [9.17, 15) is 10.2 Å². The van der Waals surface area contributed by atoms with Crippen LogP contribution in [0.5, 0.6) is 5.75 Å². The van der Waals surface area contributed by atoms with Gasteiger partial charge in [-0.25, -0.2) is 0 Å². The summed E-state index contributed by atoms with van der Waals surface area (Å²) in [5.41, 5.74) is 1.69. The van der Waals surface area contributed by atoms with Gasteiger partial charge in [0.2, 0.25) is 0 Å². The highest BCUT2D eigenvalue weighted by Crippen LogP contribution is 2.64. The summed E-state index contributed by atoms with van der Waals surface area (Å²) in [5, 5.41) is 20.6. The van der Waals surface area contributed by atoms with Crippen LogP contribution in [-0.4, -0.2) is 29.0 Å². The SMILES string of the molecule is C#C[C@]1(O)CC[C@H]2[C@@H]3CCc4cc(O)ccc4[C@H]3CC[C@@]21C.CCOCC. The summed E-state index contributed by atoms with van der Waals surface area (Å²) in [7, 11) is 0. The predicted octanol–water partition coefficient (Wildman–Crippen LogP) is 4.66. The van der Waals surface area contributed by atoms with Crippen LogP contribution in [0.25, 0.3) is 0 Å². The van der Waals surface area contributed by atoms with Crippen molar-refractivity contribution in [2.24, 2.45) is 17.3 Å². The monoisotopic (exact) mass is 370 g/mol. The number of rotatable bonds is 2. The first-order valence-corrected chi connectivity index (χ1v) is 10.5. The van der Waals surface area contributed by atoms with E-state index in [0.29, 0.717) is 23.5 Å². The third-order valence-corrected chi connectivity index (χ3v) is 7.51. The van der Waals surface area contributed by atoms with Crippen LogP contribution in [0.2, 0.25) is 0 Å². The number of hydrogen-bond acceptors (Lipinski definition) is 3. The summed E-state index contributed by atoms with van der Waals surface area (Å²) < 4.78 is 4.83. The Labute approximate surface area is 164 Å². The standard InChI is InChI=1S/C20H24O2.C4H10O/c1-3-20(22)11-9-18-17-6-4-13-12-14(21)5-7-15(13)16(17)8-10-19(18,20)2;1-3-5-4-2/h1,5,7,12,16-18,21-22H,4,6,8-11H2,2H3;3-4H2,1-2H3/t16-,17-,18+,19+,20+;/m1./s1. The third kappa shape index (κ3) is 3.39. The zero-order chi connectivity index (χ0) is 19.7. The van der Waals surface area contributed by atoms with E-state index < -0.39 is 5.60 Å². The second-order valence-electron chi connectivity index (χ2n) is 8.58. The van der Waals surface area contributed by atoms with Crippen molar-refractivity contribution in [2.75, 3.05) is 13.2 Å². The molecule has 2 N–H and O–H groups in total. The molecule has 1 aromatic rings. The zero-order valence-electron chi connectivity index (χ0n) is 17.0. The smallest absolute Gasteiger partial charge is 0.130 e. The van der Waals surface area contributed by atoms with Crippen LogP contribution in [0.15, 0.2) is 18.2 Å². The minimum absolute atomic E-state index is 0.128. The molecule has 1 aromatic carbocycles. The number of aliphatic hydroxyl groups is 1. The molecule has 0 aromatic heterocycles. The molecule has 3 aliphatic rings. The molecule has 0 heterocycles. The highest BCUT2D eigenvalue weighted by molar-refractivity contribution is 5.40. The van der Waals surface area contributed by atoms with Crippen molar-refractivity contribution in [3.05, 3.63) is 29.3 Å². The Bertz CT molecular complexity index is 704. The van der Waals surface area contributed by atoms with Crippen molar-refractivity contribution in [3.63, 3.8) is 0 Å². The molecule has 0 unspecified atom stereocenters. The second kappa shape index (κ2) is 7.86. The number of benzene rings is 1. The molecule has 27 heavy (non-hydrogen) atoms. The van der Waals surface area contributed by atoms with Crippen LogP contribution in [0, 0.1) is 29.6 Å². The molecule has 3 aliphatic carbocycles. The lowest BCUT2D eigenvalue weighted by Crippen LogP contribution is -2.50. The molecule has 3 heteroatoms. The van der Waals surface area contributed by atoms with Crippen molar-refractivity contribution in [1.29, 1.82) is 0 Å². The number of terminal acetylenes is 1. The van der Waals surface area contributed by atoms with E-state index in [1.165, 1.54) is 11.1 Å². The fourth-order valence-electron chi connectivity index (χ4n) is 6.03. The maximum absolute atomic E-state index is 10.9. The molecular formula is C24H34O3. The van der Waals surface area contributed by atoms with Crippen LogP contribution in [-0.2, 0) is 11.2 Å². The molecule has 148 valence electrons. The normalized spacial score (nSPS) is 36.5. The maximum Gasteiger partial charge on any atom is 0.130 e. The van der Waals surface area contributed by atoms with Crippen molar-refractivity contribution >= 4 is 0 Å². The van der Waals surface area contributed by atoms with E-state index in [4.69, 9.17) is 11.2 Å². The van der Waals surface area contributed by atoms with Gasteiger partial charge in [-0.1, -0.05) is 18.9 Å². The number of phenols is 1. The second-order valence-corrected chi connectivity index (χ2v) is 8.58. The lowest BCUT2D eigenvalue weighted by atomic mass is 9.53. The minimum Gasteiger partial charge on any atom is -0.508 e. The van der Waals surface area contributed by atoms with Crippen molar-refractivity contribution in [2.45, 2.75) is 70.8 Å². The summed E-state index contributed by atoms with van der Waals surface area (Å²) in [5.74, 6) is 4.82. The Hall–Kier alpha value is -1.50. The zero-order valence-corrected chi connectivity index (χ0v) is 17.0. The summed E-state index contributed by atoms with van der Waals surface area (Å²) in [6.07, 6.45) is 11.8. The summed E-state index contributed by atoms with van der Waals surface area (Å²) in [6.45, 7) is 7.88. The van der Waals surface area contributed by atoms with Gasteiger partial charge in [-0.2, -0.15) is 0 Å². The van der Waals surface area contributed by atoms with Gasteiger partial charge in [0.25, 0.3) is 0 Å². The van der Waals surface area contributed by atoms with Gasteiger partial charge in [0.1, 0.15) is 11.4 Å². The van der Waals surface area contributed by atoms with Gasteiger partial charge in [0.15, 0.2) is 0 Å². The highest BCUT2D eigenvalue weighted by atomic mass is 16.5. The third-order valence-electron chi connectivity index (χ3n) is 7.51. The van der Waals surface area contributed by atoms with Gasteiger partial charge < -0.3 is 14.9 Å². The molecule has 2 saturated carbocycles. The fraction of sp³-hybridized carbons (Fsp3) is 0.667. The van der Waals surface area contributed by atoms with E-state index in [1.807, 2.05) is 26.0 Å². The maximum atomic E-state index is 10.9. The van der Waals surface area contributed by atoms with E-state index in [0.717, 1.165) is 51.7 Å². The van der Waals surface area contributed by atoms with Crippen LogP contribution in [0.4, 0.5) is 0 Å². The van der Waals surface area contributed by atoms with E-state index >= 15 is 0 Å². The summed E-state index contributed by atoms with van der Waals surface area (Å²) in [4.78, 5) is 0. The molecule has 0 spiro atoms. The summed E-state index contributed by atoms with van der Waals surface area (Å²) in [6, 6.07) is 5.87. The van der Waals surface area contributed by atoms with E-state index in [1.54, 1.807) is 0 Å². The van der Waals surface area contributed by atoms with Gasteiger partial charge in [0.05, 0.1) is 0 Å². The molecule has 0 radical (unpaired) electrons. The number of hydrogen-bond donors (Lipinski definition) is 2. The number of fused-ring (bicyclic) bond motifs is 5. The molecule has 5 atom stereocenters. The highest BCUT2D eigenvalue weighted by Gasteiger charge is 2.61. The lowest BCUT2D eigenvalue weighted by molar-refractivity contribution is -0.0646. The largest absolute Gasteiger partial charge is 0.508 e. The Morgan fingerprint density at radius 1 is 1.19 bits per heavy atom. The molecule has 0 aliphatic heterocycles. The lowest BCUT2D eigenvalue weighted by Gasteiger charge is -2.52. The van der Waals surface area contributed by atoms with Gasteiger partial charge in [0, 0.05) is 18.6 Å². The first-order chi connectivity index (χ1) is 12.9. The molecule has 3 nitrogen and oxygen atoms in total. The van der Waals surface area contributed by atoms with Crippen molar-refractivity contribution < 1.29 is 14.9 Å². The van der Waals surface area contributed by atoms with Crippen molar-refractivity contribution in [1.82, 2.24) is 0 Å². The number of phenolic OH excluding ortho intramolecular Hbond substituents is 1. The van der Waals surface area contributed by atoms with Crippen LogP contribution in [0.1, 0.15) is 69.9 Å². The minimum atomic E-state index is -0.919. The molecule has 0 amide bonds. The average Bonchev–Trinajstić information content (AvgIpc) is 2.94. The fourth-order valence-corrected chi connectivity index (χ4v) is 6.03. The van der Waals surface area contributed by atoms with Crippen LogP contribution < -0.4 is 0 Å². The first-order valence-electron chi connectivity index (χ1n) is 10.5. The Morgan fingerprint density at radius 3 is 2.56 bits per heavy atom. The molecular weight excluding hydrogens is 336 g/mol. The Balaban J connectivity index is 0.000000376. The predicted molar refractivity (Wildman–Crippen MR) is 109 cm³/mol. The topological polar surface area (TPSA) is 49.7 Å². The van der Waals surface area contributed by atoms with Gasteiger partial charge in [-0.3, -0.25) is 0 Å². The van der Waals surface area contributed by atoms with E-state index in [-0.39, 0.29) is 5.41 Å². The number of aryl methyl sites for hydroxylation is 1. The summed E-state index contributed by atoms with van der Waals surface area (Å²) >= 11 is 0. The van der Waals surface area contributed by atoms with Gasteiger partial charge in [-0.05, 0) is 93.4 Å². The quantitative estimate of drug-likeness (QED) is 0.745. The van der Waals surface area contributed by atoms with Crippen molar-refractivity contribution in [3.8, 4) is 18.1 Å². The van der Waals surface area contributed by atoms with E-state index in [2.05, 4.69) is 18.9 Å². The van der Waals surface area contributed by atoms with Crippen LogP contribution in [0.3, 0.4) is 0 Å². The first kappa shape index (κ1) is 20.2. The molecule has 0 bridgehead atoms.